The summed E-state index contributed by atoms with van der Waals surface area (Å²) in [6, 6.07) is 62.2. The van der Waals surface area contributed by atoms with E-state index in [1.807, 2.05) is 36.4 Å². The highest BCUT2D eigenvalue weighted by Crippen LogP contribution is 2.35. The second-order valence-corrected chi connectivity index (χ2v) is 11.9. The first-order valence-corrected chi connectivity index (χ1v) is 16.4. The number of phenols is 1. The van der Waals surface area contributed by atoms with E-state index < -0.39 is 0 Å². The zero-order chi connectivity index (χ0) is 33.0. The van der Waals surface area contributed by atoms with Gasteiger partial charge >= 0.3 is 0 Å². The van der Waals surface area contributed by atoms with Gasteiger partial charge in [-0.2, -0.15) is 10.2 Å². The lowest BCUT2D eigenvalue weighted by molar-refractivity contribution is 0.473. The topological polar surface area (TPSA) is 47.9 Å². The fourth-order valence-electron chi connectivity index (χ4n) is 6.35. The number of hydrogen-bond donors (Lipinski definition) is 2. The second-order valence-electron chi connectivity index (χ2n) is 11.9. The van der Waals surface area contributed by atoms with Crippen LogP contribution in [-0.4, -0.2) is 10.8 Å². The summed E-state index contributed by atoms with van der Waals surface area (Å²) in [5.74, 6) is 0.133. The zero-order valence-electron chi connectivity index (χ0n) is 26.7. The summed E-state index contributed by atoms with van der Waals surface area (Å²) in [4.78, 5) is 0. The number of hydrogen-bond acceptors (Lipinski definition) is 4. The fourth-order valence-corrected chi connectivity index (χ4v) is 6.35. The standard InChI is InChI=1S/C45H33N3O/c49-45-22-12-11-21-44(45)48-46-42(40-19-9-7-17-38(40)36-27-23-34(24-28-36)32-13-3-1-4-14-32)31-43(47-48)41-20-10-8-18-39(41)37-29-25-35(26-30-37)33-15-5-2-6-16-33/h1-31,46,49H. The van der Waals surface area contributed by atoms with Gasteiger partial charge in [-0.25, -0.2) is 0 Å². The SMILES string of the molecule is Oc1ccccc1N1N=C(c2ccccc2-c2ccc(-c3ccccc3)cc2)C=C(c2ccccc2-c2ccc(-c3ccccc3)cc2)N1. The summed E-state index contributed by atoms with van der Waals surface area (Å²) in [5.41, 5.74) is 16.8. The Balaban J connectivity index is 1.22. The number of nitrogens with one attached hydrogen (secondary N) is 1. The van der Waals surface area contributed by atoms with Crippen LogP contribution in [0.3, 0.4) is 0 Å². The number of phenolic OH excluding ortho intramolecular Hbond substituents is 1. The maximum Gasteiger partial charge on any atom is 0.143 e. The van der Waals surface area contributed by atoms with Gasteiger partial charge in [0.15, 0.2) is 0 Å². The van der Waals surface area contributed by atoms with Crippen LogP contribution in [-0.2, 0) is 0 Å². The number of benzene rings is 7. The van der Waals surface area contributed by atoms with E-state index >= 15 is 0 Å². The molecule has 49 heavy (non-hydrogen) atoms. The lowest BCUT2D eigenvalue weighted by Gasteiger charge is -2.29. The lowest BCUT2D eigenvalue weighted by atomic mass is 9.92. The molecule has 0 bridgehead atoms. The van der Waals surface area contributed by atoms with Gasteiger partial charge in [-0.1, -0.05) is 170 Å². The number of allylic oxidation sites excluding steroid dienone is 1. The number of hydrazine groups is 1. The molecule has 0 amide bonds. The summed E-state index contributed by atoms with van der Waals surface area (Å²) in [6.45, 7) is 0. The van der Waals surface area contributed by atoms with Crippen LogP contribution in [0.4, 0.5) is 5.69 Å². The number of hydrazone groups is 1. The van der Waals surface area contributed by atoms with Gasteiger partial charge in [0.2, 0.25) is 0 Å². The van der Waals surface area contributed by atoms with Crippen LogP contribution in [0.5, 0.6) is 5.75 Å². The zero-order valence-corrected chi connectivity index (χ0v) is 26.7. The molecule has 1 aliphatic heterocycles. The Kier molecular flexibility index (Phi) is 8.02. The number of rotatable bonds is 7. The lowest BCUT2D eigenvalue weighted by Crippen LogP contribution is -2.37. The molecular formula is C45H33N3O. The predicted octanol–water partition coefficient (Wildman–Crippen LogP) is 10.8. The van der Waals surface area contributed by atoms with Crippen LogP contribution in [0.2, 0.25) is 0 Å². The first-order valence-electron chi connectivity index (χ1n) is 16.4. The van der Waals surface area contributed by atoms with E-state index in [-0.39, 0.29) is 5.75 Å². The van der Waals surface area contributed by atoms with Crippen molar-refractivity contribution in [3.63, 3.8) is 0 Å². The molecule has 4 heteroatoms. The molecule has 0 atom stereocenters. The highest BCUT2D eigenvalue weighted by atomic mass is 16.3. The van der Waals surface area contributed by atoms with Gasteiger partial charge in [0.25, 0.3) is 0 Å². The van der Waals surface area contributed by atoms with Crippen molar-refractivity contribution in [1.29, 1.82) is 0 Å². The Morgan fingerprint density at radius 1 is 0.388 bits per heavy atom. The van der Waals surface area contributed by atoms with Crippen molar-refractivity contribution in [2.24, 2.45) is 5.10 Å². The second kappa shape index (κ2) is 13.2. The molecule has 0 aliphatic carbocycles. The van der Waals surface area contributed by atoms with E-state index in [0.29, 0.717) is 5.69 Å². The van der Waals surface area contributed by atoms with Crippen LogP contribution < -0.4 is 10.5 Å². The molecule has 7 aromatic carbocycles. The molecule has 0 aromatic heterocycles. The molecule has 0 spiro atoms. The maximum absolute atomic E-state index is 10.9. The fraction of sp³-hybridized carbons (Fsp3) is 0. The van der Waals surface area contributed by atoms with E-state index in [1.54, 1.807) is 11.2 Å². The smallest absolute Gasteiger partial charge is 0.143 e. The molecule has 0 unspecified atom stereocenters. The molecule has 0 saturated heterocycles. The van der Waals surface area contributed by atoms with Gasteiger partial charge in [-0.15, -0.1) is 0 Å². The molecule has 1 heterocycles. The van der Waals surface area contributed by atoms with E-state index in [4.69, 9.17) is 5.10 Å². The highest BCUT2D eigenvalue weighted by Gasteiger charge is 2.22. The third kappa shape index (κ3) is 6.11. The van der Waals surface area contributed by atoms with Crippen molar-refractivity contribution < 1.29 is 5.11 Å². The summed E-state index contributed by atoms with van der Waals surface area (Å²) >= 11 is 0. The third-order valence-electron chi connectivity index (χ3n) is 8.85. The van der Waals surface area contributed by atoms with Crippen molar-refractivity contribution >= 4 is 17.1 Å². The maximum atomic E-state index is 10.9. The van der Waals surface area contributed by atoms with Gasteiger partial charge in [-0.3, -0.25) is 5.43 Å². The quantitative estimate of drug-likeness (QED) is 0.184. The molecule has 4 nitrogen and oxygen atoms in total. The van der Waals surface area contributed by atoms with E-state index in [2.05, 4.69) is 151 Å². The van der Waals surface area contributed by atoms with Crippen LogP contribution >= 0.6 is 0 Å². The van der Waals surface area contributed by atoms with Crippen molar-refractivity contribution in [3.8, 4) is 50.3 Å². The molecule has 0 fully saturated rings. The average molecular weight is 632 g/mol. The van der Waals surface area contributed by atoms with Crippen LogP contribution in [0.15, 0.2) is 193 Å². The Labute approximate surface area is 286 Å². The minimum atomic E-state index is 0.133. The molecular weight excluding hydrogens is 599 g/mol. The number of nitrogens with zero attached hydrogens (tertiary/aromatic N) is 2. The van der Waals surface area contributed by atoms with Crippen molar-refractivity contribution in [2.45, 2.75) is 0 Å². The average Bonchev–Trinajstić information content (AvgIpc) is 3.19. The molecule has 2 N–H and O–H groups in total. The van der Waals surface area contributed by atoms with Crippen molar-refractivity contribution in [1.82, 2.24) is 5.43 Å². The van der Waals surface area contributed by atoms with Crippen LogP contribution in [0.25, 0.3) is 50.2 Å². The van der Waals surface area contributed by atoms with E-state index in [0.717, 1.165) is 44.8 Å². The number of para-hydroxylation sites is 2. The molecule has 0 radical (unpaired) electrons. The van der Waals surface area contributed by atoms with Crippen LogP contribution in [0.1, 0.15) is 11.1 Å². The first kappa shape index (κ1) is 29.7. The molecule has 1 aliphatic rings. The van der Waals surface area contributed by atoms with Gasteiger partial charge in [0, 0.05) is 11.1 Å². The van der Waals surface area contributed by atoms with Crippen molar-refractivity contribution in [2.75, 3.05) is 5.12 Å². The highest BCUT2D eigenvalue weighted by molar-refractivity contribution is 6.17. The predicted molar refractivity (Wildman–Crippen MR) is 203 cm³/mol. The summed E-state index contributed by atoms with van der Waals surface area (Å²) < 4.78 is 0. The van der Waals surface area contributed by atoms with Gasteiger partial charge in [0.05, 0.1) is 11.4 Å². The van der Waals surface area contributed by atoms with Gasteiger partial charge < -0.3 is 5.11 Å². The monoisotopic (exact) mass is 631 g/mol. The Hall–Kier alpha value is -6.65. The first-order chi connectivity index (χ1) is 24.2. The van der Waals surface area contributed by atoms with Gasteiger partial charge in [0.1, 0.15) is 11.4 Å². The Bertz CT molecular complexity index is 2290. The molecule has 8 rings (SSSR count). The molecule has 234 valence electrons. The number of aromatic hydroxyl groups is 1. The van der Waals surface area contributed by atoms with Crippen LogP contribution in [0, 0.1) is 0 Å². The summed E-state index contributed by atoms with van der Waals surface area (Å²) in [5, 5.41) is 17.6. The van der Waals surface area contributed by atoms with E-state index in [9.17, 15) is 5.11 Å². The minimum absolute atomic E-state index is 0.133. The van der Waals surface area contributed by atoms with Crippen molar-refractivity contribution in [3.05, 3.63) is 199 Å². The largest absolute Gasteiger partial charge is 0.506 e. The summed E-state index contributed by atoms with van der Waals surface area (Å²) in [7, 11) is 0. The Morgan fingerprint density at radius 3 is 1.35 bits per heavy atom. The third-order valence-corrected chi connectivity index (χ3v) is 8.85. The molecule has 0 saturated carbocycles. The normalized spacial score (nSPS) is 12.5. The van der Waals surface area contributed by atoms with Gasteiger partial charge in [-0.05, 0) is 62.7 Å². The Morgan fingerprint density at radius 2 is 0.796 bits per heavy atom. The summed E-state index contributed by atoms with van der Waals surface area (Å²) in [6.07, 6.45) is 2.10. The molecule has 7 aromatic rings. The minimum Gasteiger partial charge on any atom is -0.506 e. The van der Waals surface area contributed by atoms with E-state index in [1.165, 1.54) is 22.3 Å². The number of anilines is 1.